The molecule has 0 spiro atoms. The highest BCUT2D eigenvalue weighted by atomic mass is 16.5. The number of carbonyl (C=O) groups is 2. The highest BCUT2D eigenvalue weighted by Crippen LogP contribution is 2.20. The van der Waals surface area contributed by atoms with Crippen LogP contribution >= 0.6 is 0 Å². The molecule has 0 atom stereocenters. The molecule has 1 aromatic carbocycles. The molecule has 0 aliphatic rings. The van der Waals surface area contributed by atoms with Crippen molar-refractivity contribution in [3.05, 3.63) is 64.1 Å². The average molecular weight is 451 g/mol. The van der Waals surface area contributed by atoms with Crippen LogP contribution in [-0.2, 0) is 16.1 Å². The Kier molecular flexibility index (Phi) is 7.48. The van der Waals surface area contributed by atoms with E-state index in [1.54, 1.807) is 28.8 Å². The van der Waals surface area contributed by atoms with Crippen LogP contribution in [-0.4, -0.2) is 40.6 Å². The molecule has 2 aromatic heterocycles. The van der Waals surface area contributed by atoms with Gasteiger partial charge in [0.1, 0.15) is 11.2 Å². The zero-order valence-electron chi connectivity index (χ0n) is 19.7. The normalized spacial score (nSPS) is 11.0. The second-order valence-corrected chi connectivity index (χ2v) is 8.03. The second kappa shape index (κ2) is 10.3. The van der Waals surface area contributed by atoms with Crippen LogP contribution in [0.3, 0.4) is 0 Å². The molecule has 0 fully saturated rings. The third-order valence-corrected chi connectivity index (χ3v) is 5.40. The molecule has 0 bridgehead atoms. The number of aryl methyl sites for hydroxylation is 2. The summed E-state index contributed by atoms with van der Waals surface area (Å²) in [5.41, 5.74) is 2.36. The van der Waals surface area contributed by atoms with Crippen LogP contribution in [0.2, 0.25) is 0 Å². The molecule has 8 heteroatoms. The molecule has 1 amide bonds. The van der Waals surface area contributed by atoms with Crippen molar-refractivity contribution in [3.63, 3.8) is 0 Å². The molecule has 8 nitrogen and oxygen atoms in total. The Morgan fingerprint density at radius 2 is 1.82 bits per heavy atom. The fourth-order valence-electron chi connectivity index (χ4n) is 3.73. The summed E-state index contributed by atoms with van der Waals surface area (Å²) in [5, 5.41) is 3.04. The van der Waals surface area contributed by atoms with Crippen LogP contribution in [0.1, 0.15) is 43.7 Å². The maximum atomic E-state index is 12.8. The molecule has 3 rings (SSSR count). The lowest BCUT2D eigenvalue weighted by molar-refractivity contribution is -0.119. The summed E-state index contributed by atoms with van der Waals surface area (Å²) in [7, 11) is 0. The zero-order valence-corrected chi connectivity index (χ0v) is 19.7. The number of esters is 1. The Morgan fingerprint density at radius 1 is 1.12 bits per heavy atom. The molecule has 0 aliphatic carbocycles. The SMILES string of the molecule is CCN(c1ccc(NC(=O)COC(=O)c2cn(CC)c3nc(C)ccc3c2=O)cc1)C(C)C. The van der Waals surface area contributed by atoms with E-state index in [0.717, 1.165) is 17.9 Å². The summed E-state index contributed by atoms with van der Waals surface area (Å²) in [4.78, 5) is 44.3. The van der Waals surface area contributed by atoms with Gasteiger partial charge in [-0.05, 0) is 71.0 Å². The number of hydrogen-bond donors (Lipinski definition) is 1. The van der Waals surface area contributed by atoms with Crippen LogP contribution in [0, 0.1) is 6.92 Å². The molecular formula is C25H30N4O4. The van der Waals surface area contributed by atoms with Crippen LogP contribution in [0.25, 0.3) is 11.0 Å². The first kappa shape index (κ1) is 24.0. The number of benzene rings is 1. The van der Waals surface area contributed by atoms with Crippen molar-refractivity contribution in [2.75, 3.05) is 23.4 Å². The average Bonchev–Trinajstić information content (AvgIpc) is 2.79. The maximum Gasteiger partial charge on any atom is 0.344 e. The van der Waals surface area contributed by atoms with E-state index >= 15 is 0 Å². The number of nitrogens with one attached hydrogen (secondary N) is 1. The van der Waals surface area contributed by atoms with Gasteiger partial charge < -0.3 is 19.5 Å². The second-order valence-electron chi connectivity index (χ2n) is 8.03. The molecular weight excluding hydrogens is 420 g/mol. The van der Waals surface area contributed by atoms with Gasteiger partial charge in [-0.3, -0.25) is 9.59 Å². The molecule has 2 heterocycles. The number of anilines is 2. The lowest BCUT2D eigenvalue weighted by atomic mass is 10.2. The largest absolute Gasteiger partial charge is 0.452 e. The Bertz CT molecular complexity index is 1220. The molecule has 0 saturated heterocycles. The number of aromatic nitrogens is 2. The summed E-state index contributed by atoms with van der Waals surface area (Å²) in [6.45, 7) is 11.0. The van der Waals surface area contributed by atoms with Crippen LogP contribution in [0.4, 0.5) is 11.4 Å². The zero-order chi connectivity index (χ0) is 24.1. The number of ether oxygens (including phenoxy) is 1. The van der Waals surface area contributed by atoms with E-state index in [1.807, 2.05) is 26.0 Å². The van der Waals surface area contributed by atoms with Crippen molar-refractivity contribution in [1.29, 1.82) is 0 Å². The first-order valence-electron chi connectivity index (χ1n) is 11.1. The van der Waals surface area contributed by atoms with Gasteiger partial charge in [0.25, 0.3) is 5.91 Å². The third kappa shape index (κ3) is 5.39. The smallest absolute Gasteiger partial charge is 0.344 e. The van der Waals surface area contributed by atoms with Crippen LogP contribution in [0.15, 0.2) is 47.4 Å². The molecule has 0 radical (unpaired) electrons. The summed E-state index contributed by atoms with van der Waals surface area (Å²) in [6, 6.07) is 11.2. The van der Waals surface area contributed by atoms with E-state index in [0.29, 0.717) is 29.3 Å². The van der Waals surface area contributed by atoms with Gasteiger partial charge in [0, 0.05) is 42.4 Å². The fraction of sp³-hybridized carbons (Fsp3) is 0.360. The van der Waals surface area contributed by atoms with Crippen molar-refractivity contribution >= 4 is 34.3 Å². The van der Waals surface area contributed by atoms with Gasteiger partial charge >= 0.3 is 5.97 Å². The lowest BCUT2D eigenvalue weighted by Gasteiger charge is -2.27. The number of fused-ring (bicyclic) bond motifs is 1. The Hall–Kier alpha value is -3.68. The number of amides is 1. The number of nitrogens with zero attached hydrogens (tertiary/aromatic N) is 3. The molecule has 174 valence electrons. The molecule has 1 N–H and O–H groups in total. The highest BCUT2D eigenvalue weighted by Gasteiger charge is 2.18. The third-order valence-electron chi connectivity index (χ3n) is 5.40. The number of rotatable bonds is 8. The first-order chi connectivity index (χ1) is 15.7. The minimum atomic E-state index is -0.842. The van der Waals surface area contributed by atoms with Gasteiger partial charge in [-0.15, -0.1) is 0 Å². The maximum absolute atomic E-state index is 12.8. The van der Waals surface area contributed by atoms with Gasteiger partial charge in [-0.2, -0.15) is 0 Å². The van der Waals surface area contributed by atoms with Crippen LogP contribution < -0.4 is 15.6 Å². The van der Waals surface area contributed by atoms with Gasteiger partial charge in [-0.1, -0.05) is 0 Å². The number of pyridine rings is 2. The minimum Gasteiger partial charge on any atom is -0.452 e. The Labute approximate surface area is 193 Å². The quantitative estimate of drug-likeness (QED) is 0.526. The van der Waals surface area contributed by atoms with E-state index in [1.165, 1.54) is 6.20 Å². The number of carbonyl (C=O) groups excluding carboxylic acids is 2. The van der Waals surface area contributed by atoms with Crippen molar-refractivity contribution in [2.45, 2.75) is 47.2 Å². The van der Waals surface area contributed by atoms with Gasteiger partial charge in [-0.25, -0.2) is 9.78 Å². The molecule has 0 aliphatic heterocycles. The van der Waals surface area contributed by atoms with Crippen molar-refractivity contribution < 1.29 is 14.3 Å². The highest BCUT2D eigenvalue weighted by molar-refractivity contribution is 5.97. The van der Waals surface area contributed by atoms with Gasteiger partial charge in [0.05, 0.1) is 5.39 Å². The number of hydrogen-bond acceptors (Lipinski definition) is 6. The predicted molar refractivity (Wildman–Crippen MR) is 130 cm³/mol. The minimum absolute atomic E-state index is 0.125. The van der Waals surface area contributed by atoms with E-state index in [4.69, 9.17) is 4.74 Å². The standard InChI is InChI=1S/C25H30N4O4/c1-6-28-14-21(23(31)20-13-8-17(5)26-24(20)28)25(32)33-15-22(30)27-18-9-11-19(12-10-18)29(7-2)16(3)4/h8-14,16H,6-7,15H2,1-5H3,(H,27,30). The van der Waals surface area contributed by atoms with E-state index in [-0.39, 0.29) is 5.56 Å². The lowest BCUT2D eigenvalue weighted by Crippen LogP contribution is -2.30. The van der Waals surface area contributed by atoms with Crippen LogP contribution in [0.5, 0.6) is 0 Å². The molecule has 0 unspecified atom stereocenters. The Morgan fingerprint density at radius 3 is 2.42 bits per heavy atom. The van der Waals surface area contributed by atoms with Gasteiger partial charge in [0.2, 0.25) is 5.43 Å². The van der Waals surface area contributed by atoms with Crippen molar-refractivity contribution in [3.8, 4) is 0 Å². The topological polar surface area (TPSA) is 93.5 Å². The monoisotopic (exact) mass is 450 g/mol. The van der Waals surface area contributed by atoms with Crippen molar-refractivity contribution in [1.82, 2.24) is 9.55 Å². The van der Waals surface area contributed by atoms with Gasteiger partial charge in [0.15, 0.2) is 6.61 Å². The predicted octanol–water partition coefficient (Wildman–Crippen LogP) is 3.76. The summed E-state index contributed by atoms with van der Waals surface area (Å²) < 4.78 is 6.85. The summed E-state index contributed by atoms with van der Waals surface area (Å²) in [6.07, 6.45) is 1.43. The fourth-order valence-corrected chi connectivity index (χ4v) is 3.73. The molecule has 33 heavy (non-hydrogen) atoms. The van der Waals surface area contributed by atoms with Crippen molar-refractivity contribution in [2.24, 2.45) is 0 Å². The Balaban J connectivity index is 1.68. The van der Waals surface area contributed by atoms with E-state index < -0.39 is 23.9 Å². The van der Waals surface area contributed by atoms with E-state index in [9.17, 15) is 14.4 Å². The summed E-state index contributed by atoms with van der Waals surface area (Å²) in [5.74, 6) is -1.33. The summed E-state index contributed by atoms with van der Waals surface area (Å²) >= 11 is 0. The van der Waals surface area contributed by atoms with E-state index in [2.05, 4.69) is 36.0 Å². The molecule has 3 aromatic rings. The first-order valence-corrected chi connectivity index (χ1v) is 11.1. The molecule has 0 saturated carbocycles.